The lowest BCUT2D eigenvalue weighted by Crippen LogP contribution is -1.84. The van der Waals surface area contributed by atoms with Crippen LogP contribution in [0, 0.1) is 13.8 Å². The summed E-state index contributed by atoms with van der Waals surface area (Å²) < 4.78 is 0. The molecule has 0 saturated carbocycles. The zero-order valence-corrected chi connectivity index (χ0v) is 15.3. The van der Waals surface area contributed by atoms with Crippen LogP contribution >= 0.6 is 43.2 Å². The minimum absolute atomic E-state index is 0. The van der Waals surface area contributed by atoms with Crippen molar-refractivity contribution in [3.8, 4) is 0 Å². The van der Waals surface area contributed by atoms with E-state index in [-0.39, 0.29) is 7.43 Å². The maximum atomic E-state index is 4.31. The van der Waals surface area contributed by atoms with E-state index in [9.17, 15) is 0 Å². The maximum Gasteiger partial charge on any atom is 0.109 e. The summed E-state index contributed by atoms with van der Waals surface area (Å²) in [7, 11) is 6.83. The number of aromatic nitrogens is 2. The number of pyridine rings is 2. The smallest absolute Gasteiger partial charge is 0.109 e. The second-order valence-electron chi connectivity index (χ2n) is 3.80. The third-order valence-corrected chi connectivity index (χ3v) is 5.45. The van der Waals surface area contributed by atoms with E-state index in [1.165, 1.54) is 11.1 Å². The molecule has 0 aliphatic carbocycles. The van der Waals surface area contributed by atoms with Crippen LogP contribution in [0.15, 0.2) is 46.7 Å². The predicted molar refractivity (Wildman–Crippen MR) is 103 cm³/mol. The van der Waals surface area contributed by atoms with Crippen molar-refractivity contribution < 1.29 is 0 Å². The first-order valence-electron chi connectivity index (χ1n) is 5.93. The van der Waals surface area contributed by atoms with Crippen molar-refractivity contribution in [2.24, 2.45) is 0 Å². The van der Waals surface area contributed by atoms with Gasteiger partial charge in [0.15, 0.2) is 0 Å². The molecule has 0 aromatic carbocycles. The van der Waals surface area contributed by atoms with Crippen LogP contribution in [0.1, 0.15) is 18.6 Å². The Hall–Kier alpha value is -0.300. The van der Waals surface area contributed by atoms with Gasteiger partial charge in [0.05, 0.1) is 0 Å². The number of aryl methyl sites for hydroxylation is 2. The summed E-state index contributed by atoms with van der Waals surface area (Å²) in [5, 5.41) is 2.20. The average Bonchev–Trinajstić information content (AvgIpc) is 2.44. The molecule has 2 aromatic rings. The Bertz CT molecular complexity index is 506. The highest BCUT2D eigenvalue weighted by Crippen LogP contribution is 2.29. The fraction of sp³-hybridized carbons (Fsp3) is 0.333. The molecule has 2 heterocycles. The Morgan fingerprint density at radius 3 is 2.19 bits per heavy atom. The lowest BCUT2D eigenvalue weighted by molar-refractivity contribution is 1.06. The van der Waals surface area contributed by atoms with Crippen LogP contribution < -0.4 is 0 Å². The molecule has 0 bridgehead atoms. The minimum Gasteiger partial charge on any atom is -0.249 e. The topological polar surface area (TPSA) is 25.8 Å². The molecule has 0 unspecified atom stereocenters. The molecule has 2 rings (SSSR count). The van der Waals surface area contributed by atoms with E-state index in [0.717, 1.165) is 10.1 Å². The molecule has 116 valence electrons. The molecule has 0 radical (unpaired) electrons. The molecule has 2 aromatic heterocycles. The van der Waals surface area contributed by atoms with E-state index in [2.05, 4.69) is 36.1 Å². The molecular formula is C15H22N2S4. The number of hydrogen-bond acceptors (Lipinski definition) is 6. The summed E-state index contributed by atoms with van der Waals surface area (Å²) >= 11 is 0. The largest absolute Gasteiger partial charge is 0.249 e. The lowest BCUT2D eigenvalue weighted by Gasteiger charge is -2.01. The highest BCUT2D eigenvalue weighted by Gasteiger charge is 1.98. The normalized spacial score (nSPS) is 9.33. The third kappa shape index (κ3) is 8.66. The van der Waals surface area contributed by atoms with E-state index in [0.29, 0.717) is 0 Å². The summed E-state index contributed by atoms with van der Waals surface area (Å²) in [6.07, 6.45) is 7.81. The van der Waals surface area contributed by atoms with Crippen molar-refractivity contribution in [3.05, 3.63) is 47.8 Å². The van der Waals surface area contributed by atoms with E-state index >= 15 is 0 Å². The molecule has 0 fully saturated rings. The van der Waals surface area contributed by atoms with Crippen LogP contribution in [-0.4, -0.2) is 22.5 Å². The van der Waals surface area contributed by atoms with Crippen molar-refractivity contribution in [3.63, 3.8) is 0 Å². The van der Waals surface area contributed by atoms with E-state index in [1.807, 2.05) is 30.7 Å². The van der Waals surface area contributed by atoms with Gasteiger partial charge < -0.3 is 0 Å². The first kappa shape index (κ1) is 20.7. The lowest BCUT2D eigenvalue weighted by atomic mass is 10.2. The second-order valence-corrected chi connectivity index (χ2v) is 8.61. The fourth-order valence-electron chi connectivity index (χ4n) is 1.35. The summed E-state index contributed by atoms with van der Waals surface area (Å²) in [5.41, 5.74) is 2.50. The quantitative estimate of drug-likeness (QED) is 0.607. The first-order chi connectivity index (χ1) is 9.67. The highest BCUT2D eigenvalue weighted by molar-refractivity contribution is 8.76. The molecule has 0 saturated heterocycles. The monoisotopic (exact) mass is 358 g/mol. The predicted octanol–water partition coefficient (Wildman–Crippen LogP) is 6.16. The summed E-state index contributed by atoms with van der Waals surface area (Å²) in [5.74, 6) is 0. The summed E-state index contributed by atoms with van der Waals surface area (Å²) in [4.78, 5) is 8.42. The molecule has 0 aliphatic rings. The van der Waals surface area contributed by atoms with Crippen molar-refractivity contribution in [1.82, 2.24) is 9.97 Å². The van der Waals surface area contributed by atoms with Gasteiger partial charge >= 0.3 is 0 Å². The van der Waals surface area contributed by atoms with Crippen LogP contribution in [-0.2, 0) is 0 Å². The van der Waals surface area contributed by atoms with Gasteiger partial charge in [-0.25, -0.2) is 9.97 Å². The molecule has 0 spiro atoms. The van der Waals surface area contributed by atoms with Crippen molar-refractivity contribution in [1.29, 1.82) is 0 Å². The average molecular weight is 359 g/mol. The standard InChI is InChI=1S/C8H11NS2.C6H7NS2.CH4/c1-6-4-7(2)8(9-5-6)11-10-3;1-8-9-6-4-2-3-5-7-6;/h4-5H,1-3H3;2-5H,1H3;1H4. The van der Waals surface area contributed by atoms with Crippen LogP contribution in [0.3, 0.4) is 0 Å². The zero-order valence-electron chi connectivity index (χ0n) is 12.0. The van der Waals surface area contributed by atoms with Crippen LogP contribution in [0.25, 0.3) is 0 Å². The van der Waals surface area contributed by atoms with E-state index in [4.69, 9.17) is 0 Å². The molecule has 0 aliphatic heterocycles. The Morgan fingerprint density at radius 2 is 1.67 bits per heavy atom. The van der Waals surface area contributed by atoms with E-state index < -0.39 is 0 Å². The first-order valence-corrected chi connectivity index (χ1v) is 11.0. The molecule has 0 atom stereocenters. The molecule has 21 heavy (non-hydrogen) atoms. The molecule has 0 amide bonds. The SMILES string of the molecule is C.CSSc1ccccn1.CSSc1ncc(C)cc1C. The van der Waals surface area contributed by atoms with Gasteiger partial charge in [0.1, 0.15) is 10.1 Å². The van der Waals surface area contributed by atoms with Crippen LogP contribution in [0.2, 0.25) is 0 Å². The molecule has 0 N–H and O–H groups in total. The maximum absolute atomic E-state index is 4.31. The fourth-order valence-corrected chi connectivity index (χ4v) is 4.01. The van der Waals surface area contributed by atoms with Gasteiger partial charge in [0, 0.05) is 12.4 Å². The number of nitrogens with zero attached hydrogens (tertiary/aromatic N) is 2. The Balaban J connectivity index is 0.000000370. The second kappa shape index (κ2) is 12.3. The van der Waals surface area contributed by atoms with Gasteiger partial charge in [-0.2, -0.15) is 0 Å². The number of rotatable bonds is 4. The molecule has 6 heteroatoms. The van der Waals surface area contributed by atoms with Crippen molar-refractivity contribution in [2.45, 2.75) is 31.3 Å². The summed E-state index contributed by atoms with van der Waals surface area (Å²) in [6, 6.07) is 8.07. The summed E-state index contributed by atoms with van der Waals surface area (Å²) in [6.45, 7) is 4.16. The molecule has 2 nitrogen and oxygen atoms in total. The Labute approximate surface area is 144 Å². The van der Waals surface area contributed by atoms with Gasteiger partial charge in [-0.1, -0.05) is 41.1 Å². The van der Waals surface area contributed by atoms with Gasteiger partial charge in [-0.05, 0) is 71.2 Å². The third-order valence-electron chi connectivity index (χ3n) is 2.14. The zero-order chi connectivity index (χ0) is 14.8. The number of hydrogen-bond donors (Lipinski definition) is 0. The highest BCUT2D eigenvalue weighted by atomic mass is 33.1. The Morgan fingerprint density at radius 1 is 0.952 bits per heavy atom. The van der Waals surface area contributed by atoms with E-state index in [1.54, 1.807) is 49.4 Å². The minimum atomic E-state index is 0. The van der Waals surface area contributed by atoms with Gasteiger partial charge in [-0.3, -0.25) is 0 Å². The Kier molecular flexibility index (Phi) is 12.1. The van der Waals surface area contributed by atoms with Crippen LogP contribution in [0.5, 0.6) is 0 Å². The van der Waals surface area contributed by atoms with Gasteiger partial charge in [-0.15, -0.1) is 0 Å². The molecular weight excluding hydrogens is 336 g/mol. The van der Waals surface area contributed by atoms with Crippen molar-refractivity contribution >= 4 is 43.2 Å². The van der Waals surface area contributed by atoms with Crippen LogP contribution in [0.4, 0.5) is 0 Å². The van der Waals surface area contributed by atoms with Crippen molar-refractivity contribution in [2.75, 3.05) is 12.5 Å². The van der Waals surface area contributed by atoms with Gasteiger partial charge in [0.25, 0.3) is 0 Å². The van der Waals surface area contributed by atoms with Gasteiger partial charge in [0.2, 0.25) is 0 Å².